The fraction of sp³-hybridized carbons (Fsp3) is 0.217. The van der Waals surface area contributed by atoms with Crippen LogP contribution in [0.2, 0.25) is 0 Å². The fourth-order valence-corrected chi connectivity index (χ4v) is 3.21. The Hall–Kier alpha value is -2.48. The number of hydrogen-bond donors (Lipinski definition) is 0. The van der Waals surface area contributed by atoms with Crippen molar-refractivity contribution < 1.29 is 8.78 Å². The Kier molecular flexibility index (Phi) is 5.60. The van der Waals surface area contributed by atoms with Gasteiger partial charge in [0.25, 0.3) is 6.08 Å². The van der Waals surface area contributed by atoms with Crippen LogP contribution in [0.4, 0.5) is 8.78 Å². The highest BCUT2D eigenvalue weighted by Gasteiger charge is 2.09. The molecule has 0 aliphatic rings. The number of rotatable bonds is 6. The van der Waals surface area contributed by atoms with Gasteiger partial charge < -0.3 is 0 Å². The molecule has 2 heteroatoms. The van der Waals surface area contributed by atoms with Gasteiger partial charge in [-0.3, -0.25) is 0 Å². The van der Waals surface area contributed by atoms with Gasteiger partial charge in [-0.05, 0) is 65.6 Å². The van der Waals surface area contributed by atoms with E-state index in [0.29, 0.717) is 25.7 Å². The first-order chi connectivity index (χ1) is 12.1. The van der Waals surface area contributed by atoms with Crippen molar-refractivity contribution in [2.24, 2.45) is 0 Å². The van der Waals surface area contributed by atoms with E-state index in [2.05, 4.69) is 31.2 Å². The van der Waals surface area contributed by atoms with Gasteiger partial charge in [0.2, 0.25) is 0 Å². The Bertz CT molecular complexity index is 875. The molecule has 0 bridgehead atoms. The summed E-state index contributed by atoms with van der Waals surface area (Å²) in [6.07, 6.45) is 0.615. The maximum Gasteiger partial charge on any atom is 0.269 e. The van der Waals surface area contributed by atoms with Gasteiger partial charge in [-0.15, -0.1) is 0 Å². The van der Waals surface area contributed by atoms with Crippen molar-refractivity contribution in [2.45, 2.75) is 32.6 Å². The largest absolute Gasteiger partial charge is 0.269 e. The molecule has 0 amide bonds. The maximum atomic E-state index is 13.3. The van der Waals surface area contributed by atoms with Crippen LogP contribution in [-0.2, 0) is 12.8 Å². The Morgan fingerprint density at radius 3 is 2.04 bits per heavy atom. The van der Waals surface area contributed by atoms with Crippen molar-refractivity contribution in [3.05, 3.63) is 95.1 Å². The Morgan fingerprint density at radius 1 is 0.760 bits per heavy atom. The Morgan fingerprint density at radius 2 is 1.36 bits per heavy atom. The monoisotopic (exact) mass is 336 g/mol. The van der Waals surface area contributed by atoms with Crippen LogP contribution in [0.5, 0.6) is 0 Å². The molecule has 0 radical (unpaired) electrons. The van der Waals surface area contributed by atoms with Crippen LogP contribution in [-0.4, -0.2) is 0 Å². The minimum atomic E-state index is -1.52. The van der Waals surface area contributed by atoms with Crippen LogP contribution in [0, 0.1) is 6.92 Å². The lowest BCUT2D eigenvalue weighted by Gasteiger charge is -2.11. The van der Waals surface area contributed by atoms with E-state index in [4.69, 9.17) is 0 Å². The van der Waals surface area contributed by atoms with Crippen LogP contribution in [0.15, 0.2) is 78.4 Å². The fourth-order valence-electron chi connectivity index (χ4n) is 3.21. The molecule has 0 atom stereocenters. The molecule has 0 aliphatic heterocycles. The van der Waals surface area contributed by atoms with E-state index in [-0.39, 0.29) is 5.57 Å². The third-order valence-electron chi connectivity index (χ3n) is 4.73. The lowest BCUT2D eigenvalue weighted by molar-refractivity contribution is 0.403. The van der Waals surface area contributed by atoms with Gasteiger partial charge in [-0.25, -0.2) is 0 Å². The summed E-state index contributed by atoms with van der Waals surface area (Å²) in [4.78, 5) is 0. The summed E-state index contributed by atoms with van der Waals surface area (Å²) in [5.41, 5.74) is 3.69. The van der Waals surface area contributed by atoms with Crippen LogP contribution >= 0.6 is 0 Å². The second kappa shape index (κ2) is 8.06. The maximum absolute atomic E-state index is 13.3. The van der Waals surface area contributed by atoms with Gasteiger partial charge in [-0.1, -0.05) is 66.7 Å². The molecule has 3 aromatic rings. The van der Waals surface area contributed by atoms with Gasteiger partial charge in [0.05, 0.1) is 0 Å². The van der Waals surface area contributed by atoms with E-state index in [9.17, 15) is 8.78 Å². The van der Waals surface area contributed by atoms with E-state index in [1.54, 1.807) is 0 Å². The minimum Gasteiger partial charge on any atom is -0.173 e. The van der Waals surface area contributed by atoms with Crippen molar-refractivity contribution >= 4 is 10.8 Å². The second-order valence-corrected chi connectivity index (χ2v) is 6.48. The van der Waals surface area contributed by atoms with Crippen molar-refractivity contribution in [1.29, 1.82) is 0 Å². The van der Waals surface area contributed by atoms with E-state index in [1.807, 2.05) is 42.5 Å². The average Bonchev–Trinajstić information content (AvgIpc) is 2.62. The predicted molar refractivity (Wildman–Crippen MR) is 101 cm³/mol. The van der Waals surface area contributed by atoms with E-state index >= 15 is 0 Å². The van der Waals surface area contributed by atoms with Crippen molar-refractivity contribution in [3.8, 4) is 0 Å². The summed E-state index contributed by atoms with van der Waals surface area (Å²) in [6, 6.07) is 22.3. The number of fused-ring (bicyclic) bond motifs is 1. The number of benzene rings is 3. The normalized spacial score (nSPS) is 10.8. The minimum absolute atomic E-state index is 0.274. The van der Waals surface area contributed by atoms with Gasteiger partial charge in [0, 0.05) is 0 Å². The Balaban J connectivity index is 1.69. The zero-order valence-electron chi connectivity index (χ0n) is 14.4. The molecule has 0 aliphatic carbocycles. The molecule has 3 aromatic carbocycles. The summed E-state index contributed by atoms with van der Waals surface area (Å²) in [5, 5.41) is 2.36. The van der Waals surface area contributed by atoms with Crippen molar-refractivity contribution in [3.63, 3.8) is 0 Å². The summed E-state index contributed by atoms with van der Waals surface area (Å²) >= 11 is 0. The zero-order chi connectivity index (χ0) is 17.6. The molecule has 0 heterocycles. The first kappa shape index (κ1) is 17.3. The lowest BCUT2D eigenvalue weighted by Crippen LogP contribution is -1.96. The zero-order valence-corrected chi connectivity index (χ0v) is 14.4. The summed E-state index contributed by atoms with van der Waals surface area (Å²) < 4.78 is 26.7. The number of allylic oxidation sites excluding steroid dienone is 1. The third kappa shape index (κ3) is 4.54. The molecule has 0 saturated heterocycles. The van der Waals surface area contributed by atoms with Gasteiger partial charge in [0.1, 0.15) is 0 Å². The lowest BCUT2D eigenvalue weighted by atomic mass is 9.95. The molecular weight excluding hydrogens is 314 g/mol. The molecule has 0 saturated carbocycles. The molecule has 0 N–H and O–H groups in total. The van der Waals surface area contributed by atoms with Crippen LogP contribution in [0.25, 0.3) is 10.8 Å². The van der Waals surface area contributed by atoms with Crippen LogP contribution in [0.3, 0.4) is 0 Å². The third-order valence-corrected chi connectivity index (χ3v) is 4.73. The topological polar surface area (TPSA) is 0 Å². The molecule has 25 heavy (non-hydrogen) atoms. The summed E-state index contributed by atoms with van der Waals surface area (Å²) in [7, 11) is 0. The second-order valence-electron chi connectivity index (χ2n) is 6.48. The first-order valence-corrected chi connectivity index (χ1v) is 8.68. The summed E-state index contributed by atoms with van der Waals surface area (Å²) in [5.74, 6) is 0. The molecule has 0 aromatic heterocycles. The highest BCUT2D eigenvalue weighted by Crippen LogP contribution is 2.25. The van der Waals surface area contributed by atoms with E-state index in [1.165, 1.54) is 16.3 Å². The van der Waals surface area contributed by atoms with E-state index < -0.39 is 6.08 Å². The average molecular weight is 336 g/mol. The molecule has 0 nitrogen and oxygen atoms in total. The molecule has 0 fully saturated rings. The number of hydrogen-bond acceptors (Lipinski definition) is 0. The first-order valence-electron chi connectivity index (χ1n) is 8.68. The molecule has 128 valence electrons. The number of halogens is 2. The highest BCUT2D eigenvalue weighted by molar-refractivity contribution is 5.84. The highest BCUT2D eigenvalue weighted by atomic mass is 19.3. The number of aryl methyl sites for hydroxylation is 3. The SMILES string of the molecule is Cc1cc2ccccc2cc1CCC(CCc1ccccc1)=C(F)F. The van der Waals surface area contributed by atoms with Crippen molar-refractivity contribution in [2.75, 3.05) is 0 Å². The van der Waals surface area contributed by atoms with Crippen molar-refractivity contribution in [1.82, 2.24) is 0 Å². The predicted octanol–water partition coefficient (Wildman–Crippen LogP) is 6.86. The quantitative estimate of drug-likeness (QED) is 0.461. The van der Waals surface area contributed by atoms with Gasteiger partial charge in [0.15, 0.2) is 0 Å². The van der Waals surface area contributed by atoms with Gasteiger partial charge >= 0.3 is 0 Å². The van der Waals surface area contributed by atoms with Gasteiger partial charge in [-0.2, -0.15) is 8.78 Å². The van der Waals surface area contributed by atoms with Crippen LogP contribution in [0.1, 0.15) is 29.5 Å². The van der Waals surface area contributed by atoms with Crippen LogP contribution < -0.4 is 0 Å². The molecule has 0 unspecified atom stereocenters. The van der Waals surface area contributed by atoms with E-state index in [0.717, 1.165) is 11.1 Å². The summed E-state index contributed by atoms with van der Waals surface area (Å²) in [6.45, 7) is 2.06. The molecule has 0 spiro atoms. The molecular formula is C23H22F2. The molecule has 3 rings (SSSR count). The standard InChI is InChI=1S/C23H22F2/c1-17-15-21-9-5-6-10-22(21)16-20(17)14-13-19(23(24)25)12-11-18-7-3-2-4-8-18/h2-10,15-16H,11-14H2,1H3. The smallest absolute Gasteiger partial charge is 0.173 e. The Labute approximate surface area is 147 Å².